The molecule has 140 valence electrons. The fourth-order valence-electron chi connectivity index (χ4n) is 2.78. The van der Waals surface area contributed by atoms with Crippen molar-refractivity contribution in [3.8, 4) is 17.2 Å². The highest BCUT2D eigenvalue weighted by molar-refractivity contribution is 6.02. The van der Waals surface area contributed by atoms with Crippen molar-refractivity contribution in [1.82, 2.24) is 9.78 Å². The van der Waals surface area contributed by atoms with Crippen LogP contribution in [-0.4, -0.2) is 33.0 Å². The number of nitrogens with two attached hydrogens (primary N) is 1. The number of nitrogens with zero attached hydrogens (tertiary/aromatic N) is 2. The number of anilines is 2. The van der Waals surface area contributed by atoms with Crippen molar-refractivity contribution >= 4 is 17.4 Å². The molecule has 27 heavy (non-hydrogen) atoms. The molecular weight excluding hydrogens is 348 g/mol. The van der Waals surface area contributed by atoms with Gasteiger partial charge >= 0.3 is 0 Å². The number of hydrogen-bond donors (Lipinski definition) is 4. The predicted octanol–water partition coefficient (Wildman–Crippen LogP) is 2.50. The highest BCUT2D eigenvalue weighted by Crippen LogP contribution is 2.33. The Balaban J connectivity index is 1.94. The molecule has 8 heteroatoms. The number of primary amides is 1. The van der Waals surface area contributed by atoms with Crippen molar-refractivity contribution < 1.29 is 19.7 Å². The monoisotopic (exact) mass is 368 g/mol. The second-order valence-corrected chi connectivity index (χ2v) is 6.05. The molecule has 0 radical (unpaired) electrons. The van der Waals surface area contributed by atoms with Gasteiger partial charge < -0.3 is 26.0 Å². The molecule has 0 saturated heterocycles. The number of phenols is 2. The number of carbonyl (C=O) groups is 1. The Morgan fingerprint density at radius 3 is 2.56 bits per heavy atom. The van der Waals surface area contributed by atoms with E-state index in [1.807, 2.05) is 31.2 Å². The van der Waals surface area contributed by atoms with Gasteiger partial charge in [-0.15, -0.1) is 0 Å². The molecule has 1 aromatic heterocycles. The van der Waals surface area contributed by atoms with E-state index in [0.717, 1.165) is 23.1 Å². The summed E-state index contributed by atoms with van der Waals surface area (Å²) < 4.78 is 6.87. The summed E-state index contributed by atoms with van der Waals surface area (Å²) in [6, 6.07) is 11.7. The number of hydrogen-bond acceptors (Lipinski definition) is 6. The molecule has 5 N–H and O–H groups in total. The van der Waals surface area contributed by atoms with Crippen molar-refractivity contribution in [3.63, 3.8) is 0 Å². The van der Waals surface area contributed by atoms with Crippen LogP contribution in [0.1, 0.15) is 21.6 Å². The van der Waals surface area contributed by atoms with Gasteiger partial charge in [0.1, 0.15) is 28.6 Å². The van der Waals surface area contributed by atoms with Crippen molar-refractivity contribution in [2.24, 2.45) is 5.73 Å². The van der Waals surface area contributed by atoms with E-state index in [1.54, 1.807) is 17.9 Å². The number of amides is 1. The van der Waals surface area contributed by atoms with Crippen LogP contribution in [0.5, 0.6) is 17.2 Å². The van der Waals surface area contributed by atoms with Crippen LogP contribution >= 0.6 is 0 Å². The Morgan fingerprint density at radius 1 is 1.22 bits per heavy atom. The minimum Gasteiger partial charge on any atom is -0.508 e. The van der Waals surface area contributed by atoms with Gasteiger partial charge in [0.15, 0.2) is 0 Å². The van der Waals surface area contributed by atoms with Gasteiger partial charge in [0, 0.05) is 18.2 Å². The van der Waals surface area contributed by atoms with Crippen LogP contribution in [0.4, 0.5) is 11.5 Å². The minimum atomic E-state index is -0.812. The van der Waals surface area contributed by atoms with E-state index < -0.39 is 11.7 Å². The molecule has 0 aliphatic heterocycles. The molecule has 0 atom stereocenters. The summed E-state index contributed by atoms with van der Waals surface area (Å²) in [5, 5.41) is 27.2. The summed E-state index contributed by atoms with van der Waals surface area (Å²) in [6.45, 7) is 2.31. The molecule has 0 aliphatic carbocycles. The SMILES string of the molecule is COc1ccc(Cn2nc(C)cc2Nc2cc(O)cc(O)c2C(N)=O)cc1. The standard InChI is InChI=1S/C19H20N4O4/c1-11-7-17(21-15-8-13(24)9-16(25)18(15)19(20)26)23(22-11)10-12-3-5-14(27-2)6-4-12/h3-9,21,24-25H,10H2,1-2H3,(H2,20,26). The average Bonchev–Trinajstić information content (AvgIpc) is 2.93. The van der Waals surface area contributed by atoms with Crippen molar-refractivity contribution in [2.45, 2.75) is 13.5 Å². The fourth-order valence-corrected chi connectivity index (χ4v) is 2.78. The Kier molecular flexibility index (Phi) is 4.89. The van der Waals surface area contributed by atoms with Crippen molar-refractivity contribution in [2.75, 3.05) is 12.4 Å². The first-order chi connectivity index (χ1) is 12.9. The molecule has 8 nitrogen and oxygen atoms in total. The van der Waals surface area contributed by atoms with Crippen LogP contribution in [-0.2, 0) is 6.54 Å². The van der Waals surface area contributed by atoms with E-state index in [1.165, 1.54) is 6.07 Å². The van der Waals surface area contributed by atoms with Crippen LogP contribution in [0.15, 0.2) is 42.5 Å². The van der Waals surface area contributed by atoms with Crippen molar-refractivity contribution in [3.05, 3.63) is 59.3 Å². The Hall–Kier alpha value is -3.68. The van der Waals surface area contributed by atoms with Crippen LogP contribution < -0.4 is 15.8 Å². The summed E-state index contributed by atoms with van der Waals surface area (Å²) in [5.74, 6) is -0.0697. The van der Waals surface area contributed by atoms with Crippen LogP contribution in [0, 0.1) is 6.92 Å². The summed E-state index contributed by atoms with van der Waals surface area (Å²) in [4.78, 5) is 11.7. The van der Waals surface area contributed by atoms with Crippen LogP contribution in [0.3, 0.4) is 0 Å². The van der Waals surface area contributed by atoms with E-state index in [0.29, 0.717) is 12.4 Å². The molecule has 0 fully saturated rings. The second kappa shape index (κ2) is 7.28. The highest BCUT2D eigenvalue weighted by atomic mass is 16.5. The normalized spacial score (nSPS) is 10.6. The number of methoxy groups -OCH3 is 1. The van der Waals surface area contributed by atoms with E-state index >= 15 is 0 Å². The lowest BCUT2D eigenvalue weighted by atomic mass is 10.1. The maximum atomic E-state index is 11.7. The lowest BCUT2D eigenvalue weighted by molar-refractivity contribution is 0.0998. The molecular formula is C19H20N4O4. The maximum absolute atomic E-state index is 11.7. The third kappa shape index (κ3) is 3.95. The van der Waals surface area contributed by atoms with E-state index in [4.69, 9.17) is 10.5 Å². The zero-order valence-corrected chi connectivity index (χ0v) is 14.9. The molecule has 0 saturated carbocycles. The van der Waals surface area contributed by atoms with Gasteiger partial charge in [-0.05, 0) is 24.6 Å². The van der Waals surface area contributed by atoms with Gasteiger partial charge in [0.05, 0.1) is 25.0 Å². The number of nitrogens with one attached hydrogen (secondary N) is 1. The molecule has 0 spiro atoms. The number of carbonyl (C=O) groups excluding carboxylic acids is 1. The smallest absolute Gasteiger partial charge is 0.254 e. The molecule has 0 aliphatic rings. The van der Waals surface area contributed by atoms with Crippen LogP contribution in [0.25, 0.3) is 0 Å². The number of benzene rings is 2. The van der Waals surface area contributed by atoms with Gasteiger partial charge in [-0.3, -0.25) is 4.79 Å². The molecule has 3 rings (SSSR count). The predicted molar refractivity (Wildman–Crippen MR) is 101 cm³/mol. The Labute approximate surface area is 155 Å². The fraction of sp³-hybridized carbons (Fsp3) is 0.158. The first-order valence-corrected chi connectivity index (χ1v) is 8.17. The highest BCUT2D eigenvalue weighted by Gasteiger charge is 2.17. The maximum Gasteiger partial charge on any atom is 0.254 e. The number of ether oxygens (including phenoxy) is 1. The number of aromatic nitrogens is 2. The lowest BCUT2D eigenvalue weighted by Gasteiger charge is -2.14. The van der Waals surface area contributed by atoms with Crippen LogP contribution in [0.2, 0.25) is 0 Å². The molecule has 3 aromatic rings. The summed E-state index contributed by atoms with van der Waals surface area (Å²) in [7, 11) is 1.61. The third-order valence-corrected chi connectivity index (χ3v) is 4.00. The van der Waals surface area contributed by atoms with Gasteiger partial charge in [0.25, 0.3) is 5.91 Å². The average molecular weight is 368 g/mol. The third-order valence-electron chi connectivity index (χ3n) is 4.00. The number of phenolic OH excluding ortho intramolecular Hbond substituents is 1. The van der Waals surface area contributed by atoms with E-state index in [9.17, 15) is 15.0 Å². The van der Waals surface area contributed by atoms with E-state index in [-0.39, 0.29) is 17.0 Å². The largest absolute Gasteiger partial charge is 0.508 e. The summed E-state index contributed by atoms with van der Waals surface area (Å²) in [6.07, 6.45) is 0. The number of aryl methyl sites for hydroxylation is 1. The zero-order chi connectivity index (χ0) is 19.6. The van der Waals surface area contributed by atoms with Gasteiger partial charge in [0.2, 0.25) is 0 Å². The molecule has 0 unspecified atom stereocenters. The number of rotatable bonds is 6. The molecule has 1 heterocycles. The topological polar surface area (TPSA) is 123 Å². The lowest BCUT2D eigenvalue weighted by Crippen LogP contribution is -2.14. The molecule has 1 amide bonds. The summed E-state index contributed by atoms with van der Waals surface area (Å²) in [5.41, 5.74) is 7.20. The quantitative estimate of drug-likeness (QED) is 0.530. The Morgan fingerprint density at radius 2 is 1.93 bits per heavy atom. The Bertz CT molecular complexity index is 980. The van der Waals surface area contributed by atoms with Crippen molar-refractivity contribution in [1.29, 1.82) is 0 Å². The van der Waals surface area contributed by atoms with Gasteiger partial charge in [-0.1, -0.05) is 12.1 Å². The number of aromatic hydroxyl groups is 2. The first-order valence-electron chi connectivity index (χ1n) is 8.17. The second-order valence-electron chi connectivity index (χ2n) is 6.05. The van der Waals surface area contributed by atoms with Gasteiger partial charge in [-0.25, -0.2) is 4.68 Å². The first kappa shape index (κ1) is 18.1. The van der Waals surface area contributed by atoms with E-state index in [2.05, 4.69) is 10.4 Å². The minimum absolute atomic E-state index is 0.109. The zero-order valence-electron chi connectivity index (χ0n) is 14.9. The molecule has 2 aromatic carbocycles. The van der Waals surface area contributed by atoms with Gasteiger partial charge in [-0.2, -0.15) is 5.10 Å². The summed E-state index contributed by atoms with van der Waals surface area (Å²) >= 11 is 0. The molecule has 0 bridgehead atoms.